The molecule has 1 N–H and O–H groups in total. The number of phosphoric ester groups is 1. The van der Waals surface area contributed by atoms with Crippen LogP contribution in [0.3, 0.4) is 0 Å². The Hall–Kier alpha value is -1.05. The summed E-state index contributed by atoms with van der Waals surface area (Å²) in [5.74, 6) is 0. The van der Waals surface area contributed by atoms with Crippen LogP contribution in [-0.4, -0.2) is 69.8 Å². The predicted molar refractivity (Wildman–Crippen MR) is 175 cm³/mol. The van der Waals surface area contributed by atoms with Crippen molar-refractivity contribution in [2.45, 2.75) is 116 Å². The van der Waals surface area contributed by atoms with Crippen LogP contribution in [0.25, 0.3) is 0 Å². The Kier molecular flexibility index (Phi) is 28.0. The van der Waals surface area contributed by atoms with Gasteiger partial charge in [-0.1, -0.05) is 113 Å². The summed E-state index contributed by atoms with van der Waals surface area (Å²) in [7, 11) is 1.43. The number of unbranched alkanes of at least 4 members (excludes halogenated alkanes) is 11. The second-order valence-electron chi connectivity index (χ2n) is 12.0. The fourth-order valence-corrected chi connectivity index (χ4v) is 4.80. The van der Waals surface area contributed by atoms with E-state index in [-0.39, 0.29) is 19.8 Å². The molecule has 0 aromatic carbocycles. The molecule has 0 bridgehead atoms. The highest BCUT2D eigenvalue weighted by Gasteiger charge is 2.15. The van der Waals surface area contributed by atoms with Crippen molar-refractivity contribution in [2.75, 3.05) is 54.1 Å². The number of aliphatic hydroxyl groups is 1. The van der Waals surface area contributed by atoms with Crippen molar-refractivity contribution in [2.24, 2.45) is 0 Å². The third kappa shape index (κ3) is 33.5. The zero-order valence-electron chi connectivity index (χ0n) is 27.4. The minimum Gasteiger partial charge on any atom is -0.756 e. The van der Waals surface area contributed by atoms with E-state index in [0.717, 1.165) is 38.5 Å². The first-order valence-corrected chi connectivity index (χ1v) is 17.9. The van der Waals surface area contributed by atoms with Crippen LogP contribution in [0, 0.1) is 0 Å². The predicted octanol–water partition coefficient (Wildman–Crippen LogP) is 8.06. The zero-order chi connectivity index (χ0) is 31.2. The van der Waals surface area contributed by atoms with E-state index in [1.807, 2.05) is 21.1 Å². The van der Waals surface area contributed by atoms with Crippen LogP contribution in [0.15, 0.2) is 48.6 Å². The third-order valence-corrected chi connectivity index (χ3v) is 7.59. The number of ether oxygens (including phenoxy) is 1. The Morgan fingerprint density at radius 2 is 1.14 bits per heavy atom. The Morgan fingerprint density at radius 3 is 1.67 bits per heavy atom. The molecule has 0 aromatic heterocycles. The molecule has 0 aliphatic heterocycles. The number of hydrogen-bond donors (Lipinski definition) is 1. The van der Waals surface area contributed by atoms with Crippen molar-refractivity contribution in [3.63, 3.8) is 0 Å². The van der Waals surface area contributed by atoms with Crippen molar-refractivity contribution < 1.29 is 32.8 Å². The molecule has 0 rings (SSSR count). The number of rotatable bonds is 30. The number of nitrogens with zero attached hydrogens (tertiary/aromatic N) is 1. The van der Waals surface area contributed by atoms with Crippen LogP contribution in [0.4, 0.5) is 0 Å². The van der Waals surface area contributed by atoms with E-state index in [0.29, 0.717) is 17.6 Å². The monoisotopic (exact) mass is 613 g/mol. The lowest BCUT2D eigenvalue weighted by molar-refractivity contribution is -0.870. The van der Waals surface area contributed by atoms with Gasteiger partial charge < -0.3 is 28.3 Å². The van der Waals surface area contributed by atoms with Gasteiger partial charge in [0, 0.05) is 6.61 Å². The van der Waals surface area contributed by atoms with Crippen molar-refractivity contribution in [3.8, 4) is 0 Å². The van der Waals surface area contributed by atoms with Crippen molar-refractivity contribution in [1.82, 2.24) is 0 Å². The molecule has 246 valence electrons. The Balaban J connectivity index is 3.40. The maximum Gasteiger partial charge on any atom is 0.268 e. The average Bonchev–Trinajstić information content (AvgIpc) is 2.93. The Bertz CT molecular complexity index is 760. The summed E-state index contributed by atoms with van der Waals surface area (Å²) in [5.41, 5.74) is 0. The first-order chi connectivity index (χ1) is 20.2. The van der Waals surface area contributed by atoms with Crippen molar-refractivity contribution >= 4 is 7.82 Å². The van der Waals surface area contributed by atoms with E-state index in [4.69, 9.17) is 13.8 Å². The lowest BCUT2D eigenvalue weighted by Crippen LogP contribution is -2.37. The highest BCUT2D eigenvalue weighted by atomic mass is 31.2. The van der Waals surface area contributed by atoms with Gasteiger partial charge in [0.25, 0.3) is 7.82 Å². The lowest BCUT2D eigenvalue weighted by Gasteiger charge is -2.27. The first-order valence-electron chi connectivity index (χ1n) is 16.4. The average molecular weight is 614 g/mol. The molecule has 42 heavy (non-hydrogen) atoms. The van der Waals surface area contributed by atoms with E-state index in [1.165, 1.54) is 64.2 Å². The van der Waals surface area contributed by atoms with Crippen LogP contribution in [-0.2, 0) is 18.3 Å². The fourth-order valence-electron chi connectivity index (χ4n) is 4.06. The Morgan fingerprint density at radius 1 is 0.667 bits per heavy atom. The molecule has 0 fully saturated rings. The van der Waals surface area contributed by atoms with Gasteiger partial charge >= 0.3 is 0 Å². The molecule has 8 heteroatoms. The van der Waals surface area contributed by atoms with Gasteiger partial charge in [-0.2, -0.15) is 0 Å². The third-order valence-electron chi connectivity index (χ3n) is 6.63. The van der Waals surface area contributed by atoms with Crippen LogP contribution < -0.4 is 4.89 Å². The SMILES string of the molecule is CC/C=C\C/C=C\C/C=C\C/C=C\CCCCCCCCCCCCCOCC(O)COP(=O)([O-])OCC[N+](C)(C)C. The minimum absolute atomic E-state index is 0.0463. The van der Waals surface area contributed by atoms with E-state index in [1.54, 1.807) is 0 Å². The second kappa shape index (κ2) is 28.7. The number of phosphoric acid groups is 1. The smallest absolute Gasteiger partial charge is 0.268 e. The maximum absolute atomic E-state index is 11.7. The summed E-state index contributed by atoms with van der Waals surface area (Å²) < 4.78 is 27.4. The summed E-state index contributed by atoms with van der Waals surface area (Å²) in [4.78, 5) is 11.7. The van der Waals surface area contributed by atoms with Gasteiger partial charge in [-0.25, -0.2) is 0 Å². The van der Waals surface area contributed by atoms with Crippen molar-refractivity contribution in [3.05, 3.63) is 48.6 Å². The summed E-state index contributed by atoms with van der Waals surface area (Å²) >= 11 is 0. The van der Waals surface area contributed by atoms with Gasteiger partial charge in [0.05, 0.1) is 34.4 Å². The molecule has 2 atom stereocenters. The quantitative estimate of drug-likeness (QED) is 0.0382. The molecular weight excluding hydrogens is 549 g/mol. The zero-order valence-corrected chi connectivity index (χ0v) is 28.3. The van der Waals surface area contributed by atoms with E-state index >= 15 is 0 Å². The lowest BCUT2D eigenvalue weighted by atomic mass is 10.1. The molecule has 0 aromatic rings. The number of likely N-dealkylation sites (N-methyl/N-ethyl adjacent to an activating group) is 1. The molecule has 0 amide bonds. The molecule has 0 aliphatic carbocycles. The summed E-state index contributed by atoms with van der Waals surface area (Å²) in [6.07, 6.45) is 36.2. The maximum atomic E-state index is 11.7. The van der Waals surface area contributed by atoms with Crippen LogP contribution >= 0.6 is 7.82 Å². The molecule has 0 saturated carbocycles. The summed E-state index contributed by atoms with van der Waals surface area (Å²) in [5, 5.41) is 9.88. The van der Waals surface area contributed by atoms with Gasteiger partial charge in [0.2, 0.25) is 0 Å². The van der Waals surface area contributed by atoms with Crippen LogP contribution in [0.2, 0.25) is 0 Å². The highest BCUT2D eigenvalue weighted by molar-refractivity contribution is 7.45. The molecule has 0 saturated heterocycles. The molecule has 0 heterocycles. The number of quaternary nitrogens is 1. The molecule has 2 unspecified atom stereocenters. The van der Waals surface area contributed by atoms with Gasteiger partial charge in [-0.15, -0.1) is 0 Å². The Labute approximate surface area is 258 Å². The fraction of sp³-hybridized carbons (Fsp3) is 0.765. The molecule has 0 spiro atoms. The van der Waals surface area contributed by atoms with Gasteiger partial charge in [-0.05, 0) is 44.9 Å². The molecular formula is C34H64NO6P. The van der Waals surface area contributed by atoms with Crippen LogP contribution in [0.5, 0.6) is 0 Å². The van der Waals surface area contributed by atoms with Crippen LogP contribution in [0.1, 0.15) is 110 Å². The number of aliphatic hydroxyl groups excluding tert-OH is 1. The summed E-state index contributed by atoms with van der Waals surface area (Å²) in [6.45, 7) is 3.01. The minimum atomic E-state index is -4.40. The first kappa shape index (κ1) is 41.0. The number of hydrogen-bond acceptors (Lipinski definition) is 6. The standard InChI is InChI=1S/C34H64NO6P/c1-5-6-7-8-9-10-11-12-13-14-15-16-17-18-19-20-21-22-23-24-25-26-27-28-30-39-32-34(36)33-41-42(37,38)40-31-29-35(2,3)4/h6-7,9-10,12-13,15-16,34,36H,5,8,11,14,17-33H2,1-4H3/b7-6-,10-9-,13-12-,16-15-. The number of allylic oxidation sites excluding steroid dienone is 8. The molecule has 0 radical (unpaired) electrons. The largest absolute Gasteiger partial charge is 0.756 e. The van der Waals surface area contributed by atoms with Crippen molar-refractivity contribution in [1.29, 1.82) is 0 Å². The summed E-state index contributed by atoms with van der Waals surface area (Å²) in [6, 6.07) is 0. The van der Waals surface area contributed by atoms with E-state index < -0.39 is 13.9 Å². The normalized spacial score (nSPS) is 15.1. The second-order valence-corrected chi connectivity index (χ2v) is 13.4. The van der Waals surface area contributed by atoms with Gasteiger partial charge in [-0.3, -0.25) is 4.57 Å². The van der Waals surface area contributed by atoms with E-state index in [2.05, 4.69) is 55.5 Å². The van der Waals surface area contributed by atoms with E-state index in [9.17, 15) is 14.6 Å². The topological polar surface area (TPSA) is 88.0 Å². The van der Waals surface area contributed by atoms with Gasteiger partial charge in [0.1, 0.15) is 19.3 Å². The van der Waals surface area contributed by atoms with Gasteiger partial charge in [0.15, 0.2) is 0 Å². The molecule has 0 aliphatic rings. The highest BCUT2D eigenvalue weighted by Crippen LogP contribution is 2.38. The molecule has 7 nitrogen and oxygen atoms in total.